The van der Waals surface area contributed by atoms with Crippen molar-refractivity contribution in [3.63, 3.8) is 0 Å². The van der Waals surface area contributed by atoms with Crippen LogP contribution in [0, 0.1) is 5.92 Å². The summed E-state index contributed by atoms with van der Waals surface area (Å²) in [6.07, 6.45) is 0. The number of carbonyl (C=O) groups is 2. The summed E-state index contributed by atoms with van der Waals surface area (Å²) in [5.41, 5.74) is 0.140. The van der Waals surface area contributed by atoms with E-state index in [9.17, 15) is 26.4 Å². The first kappa shape index (κ1) is 20.8. The largest absolute Gasteiger partial charge is 0.465 e. The van der Waals surface area contributed by atoms with Gasteiger partial charge in [-0.1, -0.05) is 19.1 Å². The highest BCUT2D eigenvalue weighted by atomic mass is 32.2. The topological polar surface area (TPSA) is 127 Å². The maximum atomic E-state index is 12.7. The number of benzene rings is 2. The van der Waals surface area contributed by atoms with Crippen LogP contribution in [0.4, 0.5) is 11.4 Å². The lowest BCUT2D eigenvalue weighted by molar-refractivity contribution is -0.119. The van der Waals surface area contributed by atoms with Gasteiger partial charge in [0, 0.05) is 0 Å². The van der Waals surface area contributed by atoms with E-state index in [1.54, 1.807) is 12.1 Å². The Bertz CT molecular complexity index is 1170. The molecule has 1 N–H and O–H groups in total. The van der Waals surface area contributed by atoms with Crippen molar-refractivity contribution >= 4 is 43.3 Å². The molecule has 11 heteroatoms. The number of rotatable bonds is 5. The number of ether oxygens (including phenoxy) is 1. The third-order valence-electron chi connectivity index (χ3n) is 4.32. The summed E-state index contributed by atoms with van der Waals surface area (Å²) in [7, 11) is -6.69. The average molecular weight is 438 g/mol. The summed E-state index contributed by atoms with van der Waals surface area (Å²) in [4.78, 5) is 23.8. The quantitative estimate of drug-likeness (QED) is 0.702. The van der Waals surface area contributed by atoms with Gasteiger partial charge >= 0.3 is 5.97 Å². The Balaban J connectivity index is 1.91. The second-order valence-corrected chi connectivity index (χ2v) is 9.96. The van der Waals surface area contributed by atoms with E-state index in [2.05, 4.69) is 9.46 Å². The third-order valence-corrected chi connectivity index (χ3v) is 7.57. The zero-order chi connectivity index (χ0) is 21.4. The van der Waals surface area contributed by atoms with Gasteiger partial charge in [0.05, 0.1) is 40.6 Å². The summed E-state index contributed by atoms with van der Waals surface area (Å²) in [6.45, 7) is 1.52. The number of amides is 1. The van der Waals surface area contributed by atoms with E-state index in [0.717, 1.165) is 0 Å². The van der Waals surface area contributed by atoms with Crippen LogP contribution in [-0.4, -0.2) is 41.6 Å². The smallest absolute Gasteiger partial charge is 0.339 e. The number of hydrogen-bond acceptors (Lipinski definition) is 7. The minimum atomic E-state index is -4.08. The Labute approximate surface area is 168 Å². The van der Waals surface area contributed by atoms with Crippen LogP contribution in [0.1, 0.15) is 17.3 Å². The number of anilines is 2. The van der Waals surface area contributed by atoms with E-state index in [1.807, 2.05) is 0 Å². The molecule has 0 unspecified atom stereocenters. The van der Waals surface area contributed by atoms with Gasteiger partial charge < -0.3 is 4.74 Å². The molecule has 9 nitrogen and oxygen atoms in total. The first-order valence-corrected chi connectivity index (χ1v) is 11.5. The standard InChI is InChI=1S/C18H18N2O7S2/c1-12-11-28(23,24)20(17(12)21)13-7-9-14(10-8-13)29(25,26)19-16-6-4-3-5-15(16)18(22)27-2/h3-10,12,19H,11H2,1-2H3/t12-/m1/s1. The summed E-state index contributed by atoms with van der Waals surface area (Å²) in [5.74, 6) is -2.23. The molecule has 1 fully saturated rings. The van der Waals surface area contributed by atoms with E-state index in [-0.39, 0.29) is 27.6 Å². The predicted molar refractivity (Wildman–Crippen MR) is 105 cm³/mol. The first-order chi connectivity index (χ1) is 13.6. The minimum absolute atomic E-state index is 0.0366. The van der Waals surface area contributed by atoms with Gasteiger partial charge in [0.25, 0.3) is 10.0 Å². The van der Waals surface area contributed by atoms with Gasteiger partial charge in [-0.15, -0.1) is 0 Å². The average Bonchev–Trinajstić information content (AvgIpc) is 2.88. The normalized spacial score (nSPS) is 18.5. The van der Waals surface area contributed by atoms with Crippen molar-refractivity contribution in [2.45, 2.75) is 11.8 Å². The molecule has 0 saturated carbocycles. The van der Waals surface area contributed by atoms with Crippen LogP contribution in [0.5, 0.6) is 0 Å². The van der Waals surface area contributed by atoms with Crippen molar-refractivity contribution in [3.8, 4) is 0 Å². The number of methoxy groups -OCH3 is 1. The number of sulfonamides is 2. The molecule has 1 saturated heterocycles. The molecule has 0 aliphatic carbocycles. The molecule has 1 heterocycles. The molecular weight excluding hydrogens is 420 g/mol. The Hall–Kier alpha value is -2.92. The van der Waals surface area contributed by atoms with Crippen molar-refractivity contribution in [1.82, 2.24) is 0 Å². The van der Waals surface area contributed by atoms with Crippen LogP contribution in [0.15, 0.2) is 53.4 Å². The van der Waals surface area contributed by atoms with Crippen LogP contribution < -0.4 is 9.03 Å². The third kappa shape index (κ3) is 3.96. The number of nitrogens with zero attached hydrogens (tertiary/aromatic N) is 1. The SMILES string of the molecule is COC(=O)c1ccccc1NS(=O)(=O)c1ccc(N2C(=O)[C@H](C)CS2(=O)=O)cc1. The van der Waals surface area contributed by atoms with E-state index < -0.39 is 37.8 Å². The zero-order valence-corrected chi connectivity index (χ0v) is 17.2. The maximum Gasteiger partial charge on any atom is 0.339 e. The van der Waals surface area contributed by atoms with Gasteiger partial charge in [-0.05, 0) is 36.4 Å². The molecule has 1 aliphatic rings. The van der Waals surface area contributed by atoms with E-state index >= 15 is 0 Å². The van der Waals surface area contributed by atoms with E-state index in [1.165, 1.54) is 50.4 Å². The fourth-order valence-corrected chi connectivity index (χ4v) is 5.81. The Kier molecular flexibility index (Phi) is 5.37. The van der Waals surface area contributed by atoms with Gasteiger partial charge in [0.15, 0.2) is 0 Å². The van der Waals surface area contributed by atoms with Crippen LogP contribution in [0.25, 0.3) is 0 Å². The maximum absolute atomic E-state index is 12.7. The fourth-order valence-electron chi connectivity index (χ4n) is 2.91. The van der Waals surface area contributed by atoms with Crippen molar-refractivity contribution < 1.29 is 31.2 Å². The Morgan fingerprint density at radius 3 is 2.31 bits per heavy atom. The number of para-hydroxylation sites is 1. The van der Waals surface area contributed by atoms with Crippen LogP contribution >= 0.6 is 0 Å². The molecule has 3 rings (SSSR count). The van der Waals surface area contributed by atoms with Crippen molar-refractivity contribution in [2.75, 3.05) is 21.9 Å². The molecule has 2 aromatic carbocycles. The zero-order valence-electron chi connectivity index (χ0n) is 15.5. The molecule has 1 atom stereocenters. The Morgan fingerprint density at radius 1 is 1.14 bits per heavy atom. The summed E-state index contributed by atoms with van der Waals surface area (Å²) in [6, 6.07) is 10.8. The number of esters is 1. The molecule has 29 heavy (non-hydrogen) atoms. The molecule has 1 aliphatic heterocycles. The molecular formula is C18H18N2O7S2. The van der Waals surface area contributed by atoms with E-state index in [4.69, 9.17) is 0 Å². The van der Waals surface area contributed by atoms with Gasteiger partial charge in [-0.2, -0.15) is 0 Å². The second-order valence-electron chi connectivity index (χ2n) is 6.42. The molecule has 0 bridgehead atoms. The highest BCUT2D eigenvalue weighted by Gasteiger charge is 2.42. The number of hydrogen-bond donors (Lipinski definition) is 1. The molecule has 1 amide bonds. The van der Waals surface area contributed by atoms with Crippen LogP contribution in [0.2, 0.25) is 0 Å². The lowest BCUT2D eigenvalue weighted by Gasteiger charge is -2.16. The number of nitrogens with one attached hydrogen (secondary N) is 1. The van der Waals surface area contributed by atoms with Gasteiger partial charge in [-0.3, -0.25) is 9.52 Å². The second kappa shape index (κ2) is 7.48. The van der Waals surface area contributed by atoms with Crippen molar-refractivity contribution in [1.29, 1.82) is 0 Å². The highest BCUT2D eigenvalue weighted by Crippen LogP contribution is 2.29. The first-order valence-electron chi connectivity index (χ1n) is 8.44. The van der Waals surface area contributed by atoms with Gasteiger partial charge in [-0.25, -0.2) is 25.9 Å². The lowest BCUT2D eigenvalue weighted by Crippen LogP contribution is -2.30. The molecule has 0 aromatic heterocycles. The van der Waals surface area contributed by atoms with Crippen LogP contribution in [0.3, 0.4) is 0 Å². The van der Waals surface area contributed by atoms with Crippen LogP contribution in [-0.2, 0) is 29.6 Å². The Morgan fingerprint density at radius 2 is 1.76 bits per heavy atom. The summed E-state index contributed by atoms with van der Waals surface area (Å²) in [5, 5.41) is 0. The lowest BCUT2D eigenvalue weighted by atomic mass is 10.2. The van der Waals surface area contributed by atoms with Gasteiger partial charge in [0.1, 0.15) is 0 Å². The molecule has 0 radical (unpaired) electrons. The highest BCUT2D eigenvalue weighted by molar-refractivity contribution is 7.94. The number of carbonyl (C=O) groups excluding carboxylic acids is 2. The van der Waals surface area contributed by atoms with Crippen molar-refractivity contribution in [2.24, 2.45) is 5.92 Å². The minimum Gasteiger partial charge on any atom is -0.465 e. The molecule has 2 aromatic rings. The van der Waals surface area contributed by atoms with Crippen molar-refractivity contribution in [3.05, 3.63) is 54.1 Å². The summed E-state index contributed by atoms with van der Waals surface area (Å²) < 4.78 is 57.3. The van der Waals surface area contributed by atoms with Gasteiger partial charge in [0.2, 0.25) is 15.9 Å². The monoisotopic (exact) mass is 438 g/mol. The fraction of sp³-hybridized carbons (Fsp3) is 0.222. The van der Waals surface area contributed by atoms with E-state index in [0.29, 0.717) is 4.31 Å². The summed E-state index contributed by atoms with van der Waals surface area (Å²) >= 11 is 0. The molecule has 0 spiro atoms. The molecule has 154 valence electrons. The predicted octanol–water partition coefficient (Wildman–Crippen LogP) is 1.59.